The molecule has 0 spiro atoms. The summed E-state index contributed by atoms with van der Waals surface area (Å²) in [6.45, 7) is 2.04. The van der Waals surface area contributed by atoms with Crippen LogP contribution in [0.25, 0.3) is 10.9 Å². The van der Waals surface area contributed by atoms with Crippen molar-refractivity contribution in [2.24, 2.45) is 0 Å². The summed E-state index contributed by atoms with van der Waals surface area (Å²) >= 11 is 1.55. The molecular formula is C18H19F3N6O3S. The van der Waals surface area contributed by atoms with Crippen LogP contribution < -0.4 is 10.9 Å². The van der Waals surface area contributed by atoms with E-state index in [1.165, 1.54) is 0 Å². The minimum Gasteiger partial charge on any atom is -0.475 e. The number of rotatable bonds is 4. The number of aromatic nitrogens is 5. The van der Waals surface area contributed by atoms with Crippen LogP contribution in [0.2, 0.25) is 0 Å². The second kappa shape index (κ2) is 9.92. The predicted molar refractivity (Wildman–Crippen MR) is 107 cm³/mol. The molecule has 0 aliphatic carbocycles. The van der Waals surface area contributed by atoms with Crippen molar-refractivity contribution >= 4 is 28.6 Å². The van der Waals surface area contributed by atoms with Crippen LogP contribution in [-0.4, -0.2) is 55.1 Å². The molecule has 4 rings (SSSR count). The highest BCUT2D eigenvalue weighted by molar-refractivity contribution is 7.98. The molecule has 1 fully saturated rings. The Bertz CT molecular complexity index is 1090. The molecule has 0 atom stereocenters. The lowest BCUT2D eigenvalue weighted by Gasteiger charge is -2.24. The maximum absolute atomic E-state index is 12.1. The van der Waals surface area contributed by atoms with Crippen molar-refractivity contribution in [3.8, 4) is 0 Å². The van der Waals surface area contributed by atoms with Crippen LogP contribution in [0.15, 0.2) is 40.5 Å². The van der Waals surface area contributed by atoms with Gasteiger partial charge in [-0.25, -0.2) is 9.78 Å². The zero-order chi connectivity index (χ0) is 22.4. The lowest BCUT2D eigenvalue weighted by Crippen LogP contribution is -2.29. The monoisotopic (exact) mass is 456 g/mol. The van der Waals surface area contributed by atoms with E-state index in [0.29, 0.717) is 23.0 Å². The van der Waals surface area contributed by atoms with Crippen LogP contribution in [0.1, 0.15) is 24.7 Å². The number of piperidine rings is 1. The molecule has 3 heterocycles. The number of hydrogen-bond acceptors (Lipinski definition) is 7. The Morgan fingerprint density at radius 1 is 1.26 bits per heavy atom. The quantitative estimate of drug-likeness (QED) is 0.511. The summed E-state index contributed by atoms with van der Waals surface area (Å²) in [5.41, 5.74) is 0.618. The number of fused-ring (bicyclic) bond motifs is 1. The number of benzene rings is 1. The summed E-state index contributed by atoms with van der Waals surface area (Å²) in [7, 11) is 0. The van der Waals surface area contributed by atoms with Crippen molar-refractivity contribution in [2.45, 2.75) is 36.0 Å². The zero-order valence-corrected chi connectivity index (χ0v) is 16.9. The minimum atomic E-state index is -5.08. The first kappa shape index (κ1) is 22.7. The van der Waals surface area contributed by atoms with Crippen LogP contribution in [0.4, 0.5) is 13.2 Å². The molecule has 13 heteroatoms. The lowest BCUT2D eigenvalue weighted by atomic mass is 10.1. The SMILES string of the molecule is O=C(O)C(F)(F)F.O=c1[nH]c(CSc2nncn2C2CCNCC2)nc2ccccc12. The maximum atomic E-state index is 12.1. The molecule has 1 aromatic carbocycles. The number of para-hydroxylation sites is 1. The number of carboxylic acid groups (broad SMARTS) is 1. The highest BCUT2D eigenvalue weighted by Gasteiger charge is 2.38. The fourth-order valence-electron chi connectivity index (χ4n) is 3.01. The third kappa shape index (κ3) is 6.04. The van der Waals surface area contributed by atoms with Crippen molar-refractivity contribution < 1.29 is 23.1 Å². The highest BCUT2D eigenvalue weighted by atomic mass is 32.2. The lowest BCUT2D eigenvalue weighted by molar-refractivity contribution is -0.192. The molecule has 0 saturated carbocycles. The van der Waals surface area contributed by atoms with Crippen LogP contribution in [0.5, 0.6) is 0 Å². The van der Waals surface area contributed by atoms with Gasteiger partial charge in [0.05, 0.1) is 16.7 Å². The largest absolute Gasteiger partial charge is 0.490 e. The average molecular weight is 456 g/mol. The van der Waals surface area contributed by atoms with E-state index in [-0.39, 0.29) is 5.56 Å². The number of thioether (sulfide) groups is 1. The summed E-state index contributed by atoms with van der Waals surface area (Å²) in [5.74, 6) is -1.54. The summed E-state index contributed by atoms with van der Waals surface area (Å²) in [4.78, 5) is 28.4. The average Bonchev–Trinajstić information content (AvgIpc) is 3.21. The van der Waals surface area contributed by atoms with Gasteiger partial charge < -0.3 is 20.0 Å². The number of alkyl halides is 3. The van der Waals surface area contributed by atoms with Crippen molar-refractivity contribution in [1.29, 1.82) is 0 Å². The van der Waals surface area contributed by atoms with Crippen molar-refractivity contribution in [3.63, 3.8) is 0 Å². The van der Waals surface area contributed by atoms with Gasteiger partial charge in [-0.05, 0) is 38.1 Å². The van der Waals surface area contributed by atoms with Crippen molar-refractivity contribution in [1.82, 2.24) is 30.0 Å². The van der Waals surface area contributed by atoms with Crippen LogP contribution >= 0.6 is 11.8 Å². The first-order valence-electron chi connectivity index (χ1n) is 9.27. The molecule has 0 radical (unpaired) electrons. The predicted octanol–water partition coefficient (Wildman–Crippen LogP) is 2.36. The van der Waals surface area contributed by atoms with Crippen LogP contribution in [-0.2, 0) is 10.5 Å². The van der Waals surface area contributed by atoms with Gasteiger partial charge in [0, 0.05) is 6.04 Å². The number of halogens is 3. The standard InChI is InChI=1S/C16H18N6OS.C2HF3O2/c23-15-12-3-1-2-4-13(12)19-14(20-15)9-24-16-21-18-10-22(16)11-5-7-17-8-6-11;3-2(4,5)1(6)7/h1-4,10-11,17H,5-9H2,(H,19,20,23);(H,6,7). The number of nitrogens with one attached hydrogen (secondary N) is 2. The molecule has 0 unspecified atom stereocenters. The van der Waals surface area contributed by atoms with Crippen molar-refractivity contribution in [3.05, 3.63) is 46.8 Å². The summed E-state index contributed by atoms with van der Waals surface area (Å²) in [6.07, 6.45) is -1.12. The van der Waals surface area contributed by atoms with Crippen molar-refractivity contribution in [2.75, 3.05) is 13.1 Å². The van der Waals surface area contributed by atoms with Crippen LogP contribution in [0.3, 0.4) is 0 Å². The number of nitrogens with zero attached hydrogens (tertiary/aromatic N) is 4. The van der Waals surface area contributed by atoms with E-state index in [2.05, 4.69) is 30.0 Å². The Kier molecular flexibility index (Phi) is 7.28. The number of carboxylic acids is 1. The van der Waals surface area contributed by atoms with Gasteiger partial charge >= 0.3 is 12.1 Å². The maximum Gasteiger partial charge on any atom is 0.490 e. The van der Waals surface area contributed by atoms with Gasteiger partial charge in [0.15, 0.2) is 5.16 Å². The Balaban J connectivity index is 0.000000339. The first-order chi connectivity index (χ1) is 14.8. The van der Waals surface area contributed by atoms with E-state index in [4.69, 9.17) is 9.90 Å². The molecule has 1 saturated heterocycles. The topological polar surface area (TPSA) is 126 Å². The zero-order valence-electron chi connectivity index (χ0n) is 16.1. The van der Waals surface area contributed by atoms with E-state index in [9.17, 15) is 18.0 Å². The number of carbonyl (C=O) groups is 1. The smallest absolute Gasteiger partial charge is 0.475 e. The third-order valence-electron chi connectivity index (χ3n) is 4.48. The van der Waals surface area contributed by atoms with E-state index in [1.54, 1.807) is 24.2 Å². The number of H-pyrrole nitrogens is 1. The normalized spacial score (nSPS) is 14.8. The Hall–Kier alpha value is -2.93. The molecule has 0 bridgehead atoms. The number of hydrogen-bond donors (Lipinski definition) is 3. The van der Waals surface area contributed by atoms with Gasteiger partial charge in [0.1, 0.15) is 12.2 Å². The van der Waals surface area contributed by atoms with Gasteiger partial charge in [-0.2, -0.15) is 13.2 Å². The van der Waals surface area contributed by atoms with Gasteiger partial charge in [-0.3, -0.25) is 4.79 Å². The summed E-state index contributed by atoms with van der Waals surface area (Å²) in [5, 5.41) is 20.3. The van der Waals surface area contributed by atoms with Gasteiger partial charge in [-0.1, -0.05) is 23.9 Å². The number of aliphatic carboxylic acids is 1. The van der Waals surface area contributed by atoms with E-state index < -0.39 is 12.1 Å². The van der Waals surface area contributed by atoms with E-state index in [0.717, 1.165) is 36.6 Å². The van der Waals surface area contributed by atoms with Gasteiger partial charge in [0.2, 0.25) is 0 Å². The van der Waals surface area contributed by atoms with E-state index in [1.807, 2.05) is 18.2 Å². The first-order valence-corrected chi connectivity index (χ1v) is 10.3. The number of aromatic amines is 1. The third-order valence-corrected chi connectivity index (χ3v) is 5.45. The fraction of sp³-hybridized carbons (Fsp3) is 0.389. The molecule has 2 aromatic heterocycles. The van der Waals surface area contributed by atoms with Crippen LogP contribution in [0, 0.1) is 0 Å². The molecule has 0 amide bonds. The summed E-state index contributed by atoms with van der Waals surface area (Å²) in [6, 6.07) is 7.81. The molecule has 166 valence electrons. The Morgan fingerprint density at radius 3 is 2.61 bits per heavy atom. The minimum absolute atomic E-state index is 0.101. The Labute approximate surface area is 178 Å². The molecule has 31 heavy (non-hydrogen) atoms. The second-order valence-corrected chi connectivity index (χ2v) is 7.57. The molecular weight excluding hydrogens is 437 g/mol. The molecule has 1 aliphatic heterocycles. The van der Waals surface area contributed by atoms with Gasteiger partial charge in [0.25, 0.3) is 5.56 Å². The fourth-order valence-corrected chi connectivity index (χ4v) is 3.86. The molecule has 9 nitrogen and oxygen atoms in total. The molecule has 3 aromatic rings. The highest BCUT2D eigenvalue weighted by Crippen LogP contribution is 2.26. The molecule has 1 aliphatic rings. The second-order valence-electron chi connectivity index (χ2n) is 6.62. The molecule has 3 N–H and O–H groups in total. The van der Waals surface area contributed by atoms with E-state index >= 15 is 0 Å². The Morgan fingerprint density at radius 2 is 1.94 bits per heavy atom. The van der Waals surface area contributed by atoms with Gasteiger partial charge in [-0.15, -0.1) is 10.2 Å². The summed E-state index contributed by atoms with van der Waals surface area (Å²) < 4.78 is 33.9.